The Labute approximate surface area is 124 Å². The van der Waals surface area contributed by atoms with Crippen LogP contribution in [0.4, 0.5) is 0 Å². The summed E-state index contributed by atoms with van der Waals surface area (Å²) >= 11 is 1.80. The molecular formula is C12H22N4O2S2. The second-order valence-corrected chi connectivity index (χ2v) is 8.01. The molecule has 1 saturated heterocycles. The first-order chi connectivity index (χ1) is 9.48. The molecule has 2 rings (SSSR count). The molecule has 1 fully saturated rings. The monoisotopic (exact) mass is 318 g/mol. The second-order valence-electron chi connectivity index (χ2n) is 4.95. The molecule has 6 nitrogen and oxygen atoms in total. The van der Waals surface area contributed by atoms with Crippen molar-refractivity contribution in [1.29, 1.82) is 0 Å². The molecule has 0 saturated carbocycles. The van der Waals surface area contributed by atoms with Crippen molar-refractivity contribution in [3.8, 4) is 0 Å². The molecule has 8 heteroatoms. The van der Waals surface area contributed by atoms with E-state index in [-0.39, 0.29) is 11.1 Å². The van der Waals surface area contributed by atoms with E-state index in [1.807, 2.05) is 13.8 Å². The van der Waals surface area contributed by atoms with Gasteiger partial charge in [-0.05, 0) is 25.6 Å². The van der Waals surface area contributed by atoms with Crippen LogP contribution in [0.15, 0.2) is 5.03 Å². The first-order valence-electron chi connectivity index (χ1n) is 6.78. The minimum Gasteiger partial charge on any atom is -0.313 e. The van der Waals surface area contributed by atoms with E-state index in [0.717, 1.165) is 35.7 Å². The van der Waals surface area contributed by atoms with E-state index in [2.05, 4.69) is 15.5 Å². The Morgan fingerprint density at radius 3 is 2.90 bits per heavy atom. The Hall–Kier alpha value is -0.570. The summed E-state index contributed by atoms with van der Waals surface area (Å²) in [6, 6.07) is 0.0778. The summed E-state index contributed by atoms with van der Waals surface area (Å²) < 4.78 is 26.9. The molecule has 2 N–H and O–H groups in total. The fourth-order valence-electron chi connectivity index (χ4n) is 2.24. The molecule has 0 radical (unpaired) electrons. The van der Waals surface area contributed by atoms with Gasteiger partial charge in [0.25, 0.3) is 10.0 Å². The molecule has 1 aromatic heterocycles. The third kappa shape index (κ3) is 3.03. The molecule has 1 aliphatic heterocycles. The van der Waals surface area contributed by atoms with Gasteiger partial charge in [-0.2, -0.15) is 21.2 Å². The van der Waals surface area contributed by atoms with Gasteiger partial charge in [0.1, 0.15) is 0 Å². The largest absolute Gasteiger partial charge is 0.313 e. The molecule has 2 heterocycles. The highest BCUT2D eigenvalue weighted by Gasteiger charge is 2.34. The molecule has 0 aromatic carbocycles. The number of rotatable bonds is 6. The maximum atomic E-state index is 12.7. The van der Waals surface area contributed by atoms with Crippen molar-refractivity contribution in [2.45, 2.75) is 37.9 Å². The summed E-state index contributed by atoms with van der Waals surface area (Å²) in [7, 11) is -1.87. The van der Waals surface area contributed by atoms with E-state index < -0.39 is 10.0 Å². The lowest BCUT2D eigenvalue weighted by Crippen LogP contribution is -2.37. The topological polar surface area (TPSA) is 78.1 Å². The average Bonchev–Trinajstić information content (AvgIpc) is 3.05. The normalized spacial score (nSPS) is 19.9. The van der Waals surface area contributed by atoms with Crippen LogP contribution in [0, 0.1) is 6.92 Å². The van der Waals surface area contributed by atoms with Gasteiger partial charge in [0.15, 0.2) is 5.03 Å². The quantitative estimate of drug-likeness (QED) is 0.817. The highest BCUT2D eigenvalue weighted by molar-refractivity contribution is 7.99. The summed E-state index contributed by atoms with van der Waals surface area (Å²) in [4.78, 5) is 0. The van der Waals surface area contributed by atoms with E-state index >= 15 is 0 Å². The molecule has 1 unspecified atom stereocenters. The minimum atomic E-state index is -3.53. The highest BCUT2D eigenvalue weighted by atomic mass is 32.2. The van der Waals surface area contributed by atoms with Crippen LogP contribution in [0.3, 0.4) is 0 Å². The number of H-pyrrole nitrogens is 1. The SMILES string of the molecule is CCNCc1c(S(=O)(=O)N(C)C2CCSC2)n[nH]c1C. The van der Waals surface area contributed by atoms with Gasteiger partial charge in [0, 0.05) is 36.6 Å². The molecule has 114 valence electrons. The minimum absolute atomic E-state index is 0.0778. The highest BCUT2D eigenvalue weighted by Crippen LogP contribution is 2.27. The summed E-state index contributed by atoms with van der Waals surface area (Å²) in [5.41, 5.74) is 1.54. The van der Waals surface area contributed by atoms with Crippen LogP contribution < -0.4 is 5.32 Å². The van der Waals surface area contributed by atoms with Crippen LogP contribution >= 0.6 is 11.8 Å². The van der Waals surface area contributed by atoms with Crippen molar-refractivity contribution in [1.82, 2.24) is 19.8 Å². The van der Waals surface area contributed by atoms with E-state index in [4.69, 9.17) is 0 Å². The van der Waals surface area contributed by atoms with Gasteiger partial charge in [-0.25, -0.2) is 8.42 Å². The Kier molecular flexibility index (Phi) is 5.11. The number of hydrogen-bond donors (Lipinski definition) is 2. The smallest absolute Gasteiger partial charge is 0.262 e. The van der Waals surface area contributed by atoms with Crippen LogP contribution in [0.5, 0.6) is 0 Å². The van der Waals surface area contributed by atoms with Crippen LogP contribution in [0.1, 0.15) is 24.6 Å². The Balaban J connectivity index is 2.28. The van der Waals surface area contributed by atoms with Crippen LogP contribution in [0.2, 0.25) is 0 Å². The molecule has 0 amide bonds. The van der Waals surface area contributed by atoms with Crippen LogP contribution in [-0.2, 0) is 16.6 Å². The number of sulfonamides is 1. The zero-order valence-corrected chi connectivity index (χ0v) is 13.8. The third-order valence-corrected chi connectivity index (χ3v) is 6.66. The van der Waals surface area contributed by atoms with Gasteiger partial charge in [-0.15, -0.1) is 0 Å². The fourth-order valence-corrected chi connectivity index (χ4v) is 5.15. The van der Waals surface area contributed by atoms with E-state index in [9.17, 15) is 8.42 Å². The van der Waals surface area contributed by atoms with Crippen molar-refractivity contribution in [2.24, 2.45) is 0 Å². The average molecular weight is 318 g/mol. The van der Waals surface area contributed by atoms with Crippen molar-refractivity contribution < 1.29 is 8.42 Å². The predicted molar refractivity (Wildman–Crippen MR) is 81.4 cm³/mol. The summed E-state index contributed by atoms with van der Waals surface area (Å²) in [6.45, 7) is 5.15. The zero-order chi connectivity index (χ0) is 14.8. The van der Waals surface area contributed by atoms with Crippen LogP contribution in [-0.4, -0.2) is 54.1 Å². The van der Waals surface area contributed by atoms with Crippen LogP contribution in [0.25, 0.3) is 0 Å². The third-order valence-electron chi connectivity index (χ3n) is 3.63. The Morgan fingerprint density at radius 2 is 2.30 bits per heavy atom. The second kappa shape index (κ2) is 6.46. The Bertz CT molecular complexity index is 550. The number of aryl methyl sites for hydroxylation is 1. The van der Waals surface area contributed by atoms with Gasteiger partial charge >= 0.3 is 0 Å². The van der Waals surface area contributed by atoms with Gasteiger partial charge in [0.05, 0.1) is 0 Å². The standard InChI is InChI=1S/C12H22N4O2S2/c1-4-13-7-11-9(2)14-15-12(11)20(17,18)16(3)10-5-6-19-8-10/h10,13H,4-8H2,1-3H3,(H,14,15). The van der Waals surface area contributed by atoms with Gasteiger partial charge in [0.2, 0.25) is 0 Å². The zero-order valence-electron chi connectivity index (χ0n) is 12.1. The summed E-state index contributed by atoms with van der Waals surface area (Å²) in [5.74, 6) is 1.88. The van der Waals surface area contributed by atoms with Crippen molar-refractivity contribution in [3.05, 3.63) is 11.3 Å². The first kappa shape index (κ1) is 15.8. The van der Waals surface area contributed by atoms with E-state index in [0.29, 0.717) is 6.54 Å². The van der Waals surface area contributed by atoms with Crippen molar-refractivity contribution in [2.75, 3.05) is 25.1 Å². The number of nitrogens with zero attached hydrogens (tertiary/aromatic N) is 2. The summed E-state index contributed by atoms with van der Waals surface area (Å²) in [6.07, 6.45) is 0.909. The van der Waals surface area contributed by atoms with Crippen molar-refractivity contribution in [3.63, 3.8) is 0 Å². The lowest BCUT2D eigenvalue weighted by Gasteiger charge is -2.22. The maximum Gasteiger partial charge on any atom is 0.262 e. The molecule has 0 spiro atoms. The van der Waals surface area contributed by atoms with Crippen molar-refractivity contribution >= 4 is 21.8 Å². The lowest BCUT2D eigenvalue weighted by molar-refractivity contribution is 0.392. The number of hydrogen-bond acceptors (Lipinski definition) is 5. The van der Waals surface area contributed by atoms with E-state index in [1.165, 1.54) is 4.31 Å². The number of aromatic nitrogens is 2. The Morgan fingerprint density at radius 1 is 1.55 bits per heavy atom. The predicted octanol–water partition coefficient (Wildman–Crippen LogP) is 0.954. The number of thioether (sulfide) groups is 1. The number of nitrogens with one attached hydrogen (secondary N) is 2. The summed E-state index contributed by atoms with van der Waals surface area (Å²) in [5, 5.41) is 10.2. The fraction of sp³-hybridized carbons (Fsp3) is 0.750. The molecular weight excluding hydrogens is 296 g/mol. The van der Waals surface area contributed by atoms with E-state index in [1.54, 1.807) is 18.8 Å². The van der Waals surface area contributed by atoms with Gasteiger partial charge < -0.3 is 5.32 Å². The molecule has 1 aliphatic rings. The molecule has 1 atom stereocenters. The molecule has 0 bridgehead atoms. The lowest BCUT2D eigenvalue weighted by atomic mass is 10.2. The molecule has 0 aliphatic carbocycles. The maximum absolute atomic E-state index is 12.7. The molecule has 20 heavy (non-hydrogen) atoms. The molecule has 1 aromatic rings. The number of aromatic amines is 1. The van der Waals surface area contributed by atoms with Gasteiger partial charge in [-0.1, -0.05) is 6.92 Å². The first-order valence-corrected chi connectivity index (χ1v) is 9.38. The van der Waals surface area contributed by atoms with Gasteiger partial charge in [-0.3, -0.25) is 5.10 Å².